The molecule has 0 radical (unpaired) electrons. The molecule has 0 aliphatic carbocycles. The fourth-order valence-corrected chi connectivity index (χ4v) is 3.55. The van der Waals surface area contributed by atoms with Gasteiger partial charge in [0.1, 0.15) is 0 Å². The molecule has 24 heavy (non-hydrogen) atoms. The molecule has 0 fully saturated rings. The third kappa shape index (κ3) is 2.01. The van der Waals surface area contributed by atoms with Crippen molar-refractivity contribution in [1.29, 1.82) is 0 Å². The third-order valence-corrected chi connectivity index (χ3v) is 4.81. The summed E-state index contributed by atoms with van der Waals surface area (Å²) >= 11 is 3.43. The number of anilines is 1. The molecule has 0 spiro atoms. The van der Waals surface area contributed by atoms with Gasteiger partial charge in [-0.15, -0.1) is 0 Å². The highest BCUT2D eigenvalue weighted by Gasteiger charge is 2.40. The van der Waals surface area contributed by atoms with Gasteiger partial charge in [-0.3, -0.25) is 14.6 Å². The summed E-state index contributed by atoms with van der Waals surface area (Å²) in [6.07, 6.45) is 0. The molecular weight excluding hydrogens is 368 g/mol. The first kappa shape index (κ1) is 15.0. The molecule has 0 atom stereocenters. The summed E-state index contributed by atoms with van der Waals surface area (Å²) in [5.74, 6) is -0.603. The van der Waals surface area contributed by atoms with Crippen LogP contribution < -0.4 is 4.90 Å². The van der Waals surface area contributed by atoms with Crippen LogP contribution in [0, 0.1) is 13.8 Å². The van der Waals surface area contributed by atoms with Gasteiger partial charge in [0, 0.05) is 9.86 Å². The maximum atomic E-state index is 13.1. The van der Waals surface area contributed by atoms with Gasteiger partial charge in [0.15, 0.2) is 0 Å². The number of pyridine rings is 1. The molecule has 2 heterocycles. The molecule has 0 saturated heterocycles. The minimum Gasteiger partial charge on any atom is -0.268 e. The van der Waals surface area contributed by atoms with Crippen molar-refractivity contribution in [3.63, 3.8) is 0 Å². The van der Waals surface area contributed by atoms with E-state index in [1.165, 1.54) is 4.90 Å². The number of carbonyl (C=O) groups is 2. The molecule has 1 aliphatic heterocycles. The molecule has 0 N–H and O–H groups in total. The molecule has 5 heteroatoms. The van der Waals surface area contributed by atoms with Gasteiger partial charge in [-0.05, 0) is 43.7 Å². The number of nitrogens with zero attached hydrogens (tertiary/aromatic N) is 2. The zero-order valence-electron chi connectivity index (χ0n) is 13.1. The van der Waals surface area contributed by atoms with E-state index in [1.54, 1.807) is 13.0 Å². The third-order valence-electron chi connectivity index (χ3n) is 4.32. The maximum Gasteiger partial charge on any atom is 0.268 e. The van der Waals surface area contributed by atoms with Crippen LogP contribution in [0.15, 0.2) is 46.9 Å². The smallest absolute Gasteiger partial charge is 0.268 e. The Morgan fingerprint density at radius 3 is 2.42 bits per heavy atom. The molecule has 4 rings (SSSR count). The number of benzene rings is 2. The molecule has 4 nitrogen and oxygen atoms in total. The van der Waals surface area contributed by atoms with Gasteiger partial charge in [-0.25, -0.2) is 4.90 Å². The minimum atomic E-state index is -0.309. The lowest BCUT2D eigenvalue weighted by molar-refractivity contribution is 0.0926. The SMILES string of the molecule is Cc1ccccc1N1C(=O)c2c(C)nc3ccc(Br)cc3c2C1=O. The largest absolute Gasteiger partial charge is 0.268 e. The van der Waals surface area contributed by atoms with E-state index in [0.29, 0.717) is 33.4 Å². The first-order valence-electron chi connectivity index (χ1n) is 7.53. The summed E-state index contributed by atoms with van der Waals surface area (Å²) in [6.45, 7) is 3.66. The van der Waals surface area contributed by atoms with E-state index in [-0.39, 0.29) is 11.8 Å². The fourth-order valence-electron chi connectivity index (χ4n) is 3.19. The summed E-state index contributed by atoms with van der Waals surface area (Å²) in [5.41, 5.74) is 3.62. The summed E-state index contributed by atoms with van der Waals surface area (Å²) < 4.78 is 0.845. The minimum absolute atomic E-state index is 0.294. The van der Waals surface area contributed by atoms with E-state index in [0.717, 1.165) is 10.0 Å². The van der Waals surface area contributed by atoms with Gasteiger partial charge in [-0.2, -0.15) is 0 Å². The summed E-state index contributed by atoms with van der Waals surface area (Å²) in [7, 11) is 0. The molecule has 0 bridgehead atoms. The Morgan fingerprint density at radius 2 is 1.67 bits per heavy atom. The van der Waals surface area contributed by atoms with E-state index in [4.69, 9.17) is 0 Å². The Hall–Kier alpha value is -2.53. The molecule has 2 amide bonds. The average molecular weight is 381 g/mol. The normalized spacial score (nSPS) is 13.7. The lowest BCUT2D eigenvalue weighted by Crippen LogP contribution is -2.30. The van der Waals surface area contributed by atoms with Crippen LogP contribution in [0.1, 0.15) is 32.0 Å². The molecule has 0 unspecified atom stereocenters. The second-order valence-electron chi connectivity index (χ2n) is 5.84. The maximum absolute atomic E-state index is 13.1. The van der Waals surface area contributed by atoms with Crippen molar-refractivity contribution in [1.82, 2.24) is 4.98 Å². The highest BCUT2D eigenvalue weighted by Crippen LogP contribution is 2.36. The number of hydrogen-bond donors (Lipinski definition) is 0. The summed E-state index contributed by atoms with van der Waals surface area (Å²) in [5, 5.41) is 0.694. The van der Waals surface area contributed by atoms with Crippen LogP contribution in [0.25, 0.3) is 10.9 Å². The number of rotatable bonds is 1. The Kier molecular flexibility index (Phi) is 3.28. The average Bonchev–Trinajstić information content (AvgIpc) is 2.81. The van der Waals surface area contributed by atoms with E-state index in [1.807, 2.05) is 43.3 Å². The van der Waals surface area contributed by atoms with Crippen LogP contribution in [-0.2, 0) is 0 Å². The van der Waals surface area contributed by atoms with Gasteiger partial charge in [0.05, 0.1) is 28.0 Å². The number of aromatic nitrogens is 1. The van der Waals surface area contributed by atoms with Crippen LogP contribution in [0.2, 0.25) is 0 Å². The van der Waals surface area contributed by atoms with Crippen LogP contribution in [0.4, 0.5) is 5.69 Å². The Morgan fingerprint density at radius 1 is 0.958 bits per heavy atom. The monoisotopic (exact) mass is 380 g/mol. The van der Waals surface area contributed by atoms with E-state index >= 15 is 0 Å². The fraction of sp³-hybridized carbons (Fsp3) is 0.105. The number of fused-ring (bicyclic) bond motifs is 3. The second kappa shape index (κ2) is 5.24. The van der Waals surface area contributed by atoms with Crippen molar-refractivity contribution in [3.8, 4) is 0 Å². The highest BCUT2D eigenvalue weighted by molar-refractivity contribution is 9.10. The number of imide groups is 1. The van der Waals surface area contributed by atoms with Crippen molar-refractivity contribution >= 4 is 44.3 Å². The van der Waals surface area contributed by atoms with E-state index in [9.17, 15) is 9.59 Å². The van der Waals surface area contributed by atoms with Gasteiger partial charge < -0.3 is 0 Å². The van der Waals surface area contributed by atoms with Crippen LogP contribution in [-0.4, -0.2) is 16.8 Å². The van der Waals surface area contributed by atoms with Crippen molar-refractivity contribution in [3.05, 3.63) is 69.3 Å². The first-order valence-corrected chi connectivity index (χ1v) is 8.32. The molecule has 2 aromatic carbocycles. The number of para-hydroxylation sites is 1. The zero-order valence-corrected chi connectivity index (χ0v) is 14.7. The molecule has 1 aliphatic rings. The molecule has 0 saturated carbocycles. The number of amides is 2. The van der Waals surface area contributed by atoms with Gasteiger partial charge in [-0.1, -0.05) is 34.1 Å². The Labute approximate surface area is 147 Å². The molecule has 118 valence electrons. The Bertz CT molecular complexity index is 1040. The van der Waals surface area contributed by atoms with Crippen molar-refractivity contribution < 1.29 is 9.59 Å². The van der Waals surface area contributed by atoms with Crippen molar-refractivity contribution in [2.45, 2.75) is 13.8 Å². The number of aryl methyl sites for hydroxylation is 2. The van der Waals surface area contributed by atoms with E-state index in [2.05, 4.69) is 20.9 Å². The summed E-state index contributed by atoms with van der Waals surface area (Å²) in [4.78, 5) is 31.8. The predicted octanol–water partition coefficient (Wildman–Crippen LogP) is 4.41. The molecule has 3 aromatic rings. The van der Waals surface area contributed by atoms with Crippen molar-refractivity contribution in [2.24, 2.45) is 0 Å². The highest BCUT2D eigenvalue weighted by atomic mass is 79.9. The lowest BCUT2D eigenvalue weighted by atomic mass is 10.0. The van der Waals surface area contributed by atoms with Crippen molar-refractivity contribution in [2.75, 3.05) is 4.90 Å². The van der Waals surface area contributed by atoms with Gasteiger partial charge in [0.2, 0.25) is 0 Å². The van der Waals surface area contributed by atoms with Gasteiger partial charge in [0.25, 0.3) is 11.8 Å². The number of halogens is 1. The first-order chi connectivity index (χ1) is 11.5. The summed E-state index contributed by atoms with van der Waals surface area (Å²) in [6, 6.07) is 13.0. The lowest BCUT2D eigenvalue weighted by Gasteiger charge is -2.16. The second-order valence-corrected chi connectivity index (χ2v) is 6.76. The molecule has 1 aromatic heterocycles. The quantitative estimate of drug-likeness (QED) is 0.587. The number of carbonyl (C=O) groups excluding carboxylic acids is 2. The number of hydrogen-bond acceptors (Lipinski definition) is 3. The van der Waals surface area contributed by atoms with Crippen LogP contribution >= 0.6 is 15.9 Å². The topological polar surface area (TPSA) is 50.3 Å². The molecular formula is C19H13BrN2O2. The van der Waals surface area contributed by atoms with Crippen LogP contribution in [0.3, 0.4) is 0 Å². The van der Waals surface area contributed by atoms with Gasteiger partial charge >= 0.3 is 0 Å². The van der Waals surface area contributed by atoms with E-state index < -0.39 is 0 Å². The predicted molar refractivity (Wildman–Crippen MR) is 96.5 cm³/mol. The standard InChI is InChI=1S/C19H13BrN2O2/c1-10-5-3-4-6-15(10)22-18(23)16-11(2)21-14-8-7-12(20)9-13(14)17(16)19(22)24/h3-9H,1-2H3. The Balaban J connectivity index is 2.03. The zero-order chi connectivity index (χ0) is 17.0. The van der Waals surface area contributed by atoms with Crippen LogP contribution in [0.5, 0.6) is 0 Å².